The highest BCUT2D eigenvalue weighted by molar-refractivity contribution is 6.19. The quantitative estimate of drug-likeness (QED) is 0.836. The number of hydrogen-bond acceptors (Lipinski definition) is 3. The Bertz CT molecular complexity index is 827. The average molecular weight is 338 g/mol. The third-order valence-electron chi connectivity index (χ3n) is 4.40. The molecule has 0 saturated carbocycles. The van der Waals surface area contributed by atoms with Crippen molar-refractivity contribution >= 4 is 23.2 Å². The largest absolute Gasteiger partial charge is 0.466 e. The fraction of sp³-hybridized carbons (Fsp3) is 0.300. The number of fused-ring (bicyclic) bond motifs is 1. The molecule has 0 radical (unpaired) electrons. The van der Waals surface area contributed by atoms with Crippen LogP contribution in [0.3, 0.4) is 0 Å². The third-order valence-corrected chi connectivity index (χ3v) is 4.40. The SMILES string of the molecule is Cc1ccc2c(c1)NC(=O)C(C)(C(=O)Nc1ccc(C(C)C)cc1)O2. The van der Waals surface area contributed by atoms with Gasteiger partial charge in [0.05, 0.1) is 5.69 Å². The molecule has 0 bridgehead atoms. The highest BCUT2D eigenvalue weighted by Gasteiger charge is 2.47. The van der Waals surface area contributed by atoms with E-state index in [0.717, 1.165) is 5.56 Å². The van der Waals surface area contributed by atoms with Crippen LogP contribution < -0.4 is 15.4 Å². The topological polar surface area (TPSA) is 67.4 Å². The molecule has 5 nitrogen and oxygen atoms in total. The van der Waals surface area contributed by atoms with Crippen LogP contribution in [0.25, 0.3) is 0 Å². The number of carbonyl (C=O) groups excluding carboxylic acids is 2. The highest BCUT2D eigenvalue weighted by Crippen LogP contribution is 2.34. The number of anilines is 2. The van der Waals surface area contributed by atoms with Gasteiger partial charge in [0.1, 0.15) is 5.75 Å². The Balaban J connectivity index is 1.81. The van der Waals surface area contributed by atoms with E-state index in [9.17, 15) is 9.59 Å². The predicted molar refractivity (Wildman–Crippen MR) is 98.0 cm³/mol. The summed E-state index contributed by atoms with van der Waals surface area (Å²) in [6, 6.07) is 13.0. The van der Waals surface area contributed by atoms with Gasteiger partial charge in [0.2, 0.25) is 0 Å². The van der Waals surface area contributed by atoms with E-state index in [-0.39, 0.29) is 0 Å². The van der Waals surface area contributed by atoms with Crippen molar-refractivity contribution in [3.8, 4) is 5.75 Å². The number of nitrogens with one attached hydrogen (secondary N) is 2. The monoisotopic (exact) mass is 338 g/mol. The molecule has 2 N–H and O–H groups in total. The van der Waals surface area contributed by atoms with Crippen molar-refractivity contribution in [1.29, 1.82) is 0 Å². The van der Waals surface area contributed by atoms with Gasteiger partial charge in [0, 0.05) is 5.69 Å². The van der Waals surface area contributed by atoms with Crippen molar-refractivity contribution in [2.45, 2.75) is 39.2 Å². The molecule has 1 heterocycles. The Labute approximate surface area is 147 Å². The fourth-order valence-corrected chi connectivity index (χ4v) is 2.69. The minimum atomic E-state index is -1.63. The zero-order chi connectivity index (χ0) is 18.2. The van der Waals surface area contributed by atoms with Gasteiger partial charge in [0.25, 0.3) is 17.4 Å². The Hall–Kier alpha value is -2.82. The molecule has 0 spiro atoms. The standard InChI is InChI=1S/C20H22N2O3/c1-12(2)14-6-8-15(9-7-14)21-18(23)20(4)19(24)22-16-11-13(3)5-10-17(16)25-20/h5-12H,1-4H3,(H,21,23)(H,22,24). The number of benzene rings is 2. The van der Waals surface area contributed by atoms with E-state index < -0.39 is 17.4 Å². The number of rotatable bonds is 3. The van der Waals surface area contributed by atoms with E-state index in [1.165, 1.54) is 12.5 Å². The first kappa shape index (κ1) is 17.0. The van der Waals surface area contributed by atoms with Gasteiger partial charge in [0.15, 0.2) is 0 Å². The van der Waals surface area contributed by atoms with Crippen LogP contribution in [-0.4, -0.2) is 17.4 Å². The smallest absolute Gasteiger partial charge is 0.278 e. The minimum absolute atomic E-state index is 0.412. The lowest BCUT2D eigenvalue weighted by Gasteiger charge is -2.33. The average Bonchev–Trinajstić information content (AvgIpc) is 2.56. The zero-order valence-electron chi connectivity index (χ0n) is 14.8. The van der Waals surface area contributed by atoms with Crippen LogP contribution in [0.4, 0.5) is 11.4 Å². The number of hydrogen-bond donors (Lipinski definition) is 2. The van der Waals surface area contributed by atoms with Gasteiger partial charge in [-0.25, -0.2) is 0 Å². The summed E-state index contributed by atoms with van der Waals surface area (Å²) in [6.45, 7) is 7.61. The Morgan fingerprint density at radius 1 is 1.16 bits per heavy atom. The first-order valence-electron chi connectivity index (χ1n) is 8.32. The van der Waals surface area contributed by atoms with E-state index in [1.807, 2.05) is 43.3 Å². The summed E-state index contributed by atoms with van der Waals surface area (Å²) in [6.07, 6.45) is 0. The molecule has 0 fully saturated rings. The molecule has 0 aromatic heterocycles. The molecule has 25 heavy (non-hydrogen) atoms. The second kappa shape index (κ2) is 6.24. The lowest BCUT2D eigenvalue weighted by atomic mass is 10.0. The first-order valence-corrected chi connectivity index (χ1v) is 8.32. The van der Waals surface area contributed by atoms with Crippen LogP contribution in [0.2, 0.25) is 0 Å². The van der Waals surface area contributed by atoms with Crippen molar-refractivity contribution in [3.05, 3.63) is 53.6 Å². The summed E-state index contributed by atoms with van der Waals surface area (Å²) in [5.74, 6) is -0.0943. The highest BCUT2D eigenvalue weighted by atomic mass is 16.5. The number of amides is 2. The molecule has 1 aliphatic rings. The summed E-state index contributed by atoms with van der Waals surface area (Å²) in [5, 5.41) is 5.52. The third kappa shape index (κ3) is 3.22. The molecule has 2 aromatic carbocycles. The zero-order valence-corrected chi connectivity index (χ0v) is 14.8. The molecule has 1 aliphatic heterocycles. The predicted octanol–water partition coefficient (Wildman–Crippen LogP) is 3.85. The lowest BCUT2D eigenvalue weighted by Crippen LogP contribution is -2.56. The Morgan fingerprint density at radius 2 is 1.84 bits per heavy atom. The summed E-state index contributed by atoms with van der Waals surface area (Å²) >= 11 is 0. The lowest BCUT2D eigenvalue weighted by molar-refractivity contribution is -0.143. The minimum Gasteiger partial charge on any atom is -0.466 e. The molecule has 1 unspecified atom stereocenters. The maximum absolute atomic E-state index is 12.7. The number of aryl methyl sites for hydroxylation is 1. The Kier molecular flexibility index (Phi) is 4.25. The van der Waals surface area contributed by atoms with Crippen LogP contribution in [0.5, 0.6) is 5.75 Å². The van der Waals surface area contributed by atoms with Crippen LogP contribution >= 0.6 is 0 Å². The van der Waals surface area contributed by atoms with Gasteiger partial charge in [-0.3, -0.25) is 9.59 Å². The van der Waals surface area contributed by atoms with Crippen molar-refractivity contribution in [2.75, 3.05) is 10.6 Å². The van der Waals surface area contributed by atoms with Gasteiger partial charge in [-0.2, -0.15) is 0 Å². The van der Waals surface area contributed by atoms with Crippen LogP contribution in [0, 0.1) is 6.92 Å². The van der Waals surface area contributed by atoms with E-state index >= 15 is 0 Å². The van der Waals surface area contributed by atoms with Crippen LogP contribution in [-0.2, 0) is 9.59 Å². The van der Waals surface area contributed by atoms with Crippen molar-refractivity contribution < 1.29 is 14.3 Å². The molecule has 130 valence electrons. The van der Waals surface area contributed by atoms with Crippen molar-refractivity contribution in [1.82, 2.24) is 0 Å². The molecule has 0 saturated heterocycles. The molecular weight excluding hydrogens is 316 g/mol. The van der Waals surface area contributed by atoms with Gasteiger partial charge < -0.3 is 15.4 Å². The second-order valence-corrected chi connectivity index (χ2v) is 6.82. The summed E-state index contributed by atoms with van der Waals surface area (Å²) in [7, 11) is 0. The number of carbonyl (C=O) groups is 2. The van der Waals surface area contributed by atoms with Gasteiger partial charge >= 0.3 is 0 Å². The van der Waals surface area contributed by atoms with Gasteiger partial charge in [-0.15, -0.1) is 0 Å². The second-order valence-electron chi connectivity index (χ2n) is 6.82. The molecular formula is C20H22N2O3. The van der Waals surface area contributed by atoms with Crippen LogP contribution in [0.1, 0.15) is 37.8 Å². The number of ether oxygens (including phenoxy) is 1. The van der Waals surface area contributed by atoms with E-state index in [1.54, 1.807) is 6.07 Å². The van der Waals surface area contributed by atoms with E-state index in [2.05, 4.69) is 24.5 Å². The summed E-state index contributed by atoms with van der Waals surface area (Å²) in [4.78, 5) is 25.2. The normalized spacial score (nSPS) is 19.0. The molecule has 5 heteroatoms. The van der Waals surface area contributed by atoms with Crippen molar-refractivity contribution in [3.63, 3.8) is 0 Å². The van der Waals surface area contributed by atoms with Crippen molar-refractivity contribution in [2.24, 2.45) is 0 Å². The van der Waals surface area contributed by atoms with Gasteiger partial charge in [-0.05, 0) is 55.2 Å². The molecule has 3 rings (SSSR count). The summed E-state index contributed by atoms with van der Waals surface area (Å²) < 4.78 is 5.76. The molecule has 2 amide bonds. The first-order chi connectivity index (χ1) is 11.8. The van der Waals surface area contributed by atoms with E-state index in [0.29, 0.717) is 23.0 Å². The molecule has 1 atom stereocenters. The molecule has 2 aromatic rings. The van der Waals surface area contributed by atoms with E-state index in [4.69, 9.17) is 4.74 Å². The van der Waals surface area contributed by atoms with Crippen LogP contribution in [0.15, 0.2) is 42.5 Å². The van der Waals surface area contributed by atoms with Gasteiger partial charge in [-0.1, -0.05) is 32.0 Å². The fourth-order valence-electron chi connectivity index (χ4n) is 2.69. The summed E-state index contributed by atoms with van der Waals surface area (Å²) in [5.41, 5.74) is 1.76. The Morgan fingerprint density at radius 3 is 2.48 bits per heavy atom. The maximum atomic E-state index is 12.7. The molecule has 0 aliphatic carbocycles. The maximum Gasteiger partial charge on any atom is 0.278 e.